The summed E-state index contributed by atoms with van der Waals surface area (Å²) in [6, 6.07) is 19.4. The van der Waals surface area contributed by atoms with Crippen LogP contribution in [0.2, 0.25) is 5.02 Å². The fourth-order valence-corrected chi connectivity index (χ4v) is 4.01. The maximum absolute atomic E-state index is 12.7. The molecule has 0 saturated carbocycles. The van der Waals surface area contributed by atoms with Gasteiger partial charge in [-0.2, -0.15) is 0 Å². The molecule has 1 saturated heterocycles. The lowest BCUT2D eigenvalue weighted by Crippen LogP contribution is -2.42. The zero-order valence-corrected chi connectivity index (χ0v) is 17.8. The molecular formula is C24H26ClN3O2. The Morgan fingerprint density at radius 3 is 2.57 bits per heavy atom. The zero-order chi connectivity index (χ0) is 20.9. The minimum Gasteiger partial charge on any atom is -0.355 e. The largest absolute Gasteiger partial charge is 0.355 e. The Balaban J connectivity index is 1.44. The van der Waals surface area contributed by atoms with Crippen molar-refractivity contribution in [2.24, 2.45) is 5.92 Å². The number of nitrogens with zero attached hydrogens (tertiary/aromatic N) is 2. The average molecular weight is 424 g/mol. The number of hydrogen-bond donors (Lipinski definition) is 1. The van der Waals surface area contributed by atoms with Gasteiger partial charge in [0.2, 0.25) is 0 Å². The molecule has 0 aliphatic carbocycles. The first kappa shape index (κ1) is 20.6. The summed E-state index contributed by atoms with van der Waals surface area (Å²) in [6.45, 7) is 4.92. The van der Waals surface area contributed by atoms with Gasteiger partial charge in [-0.1, -0.05) is 54.0 Å². The van der Waals surface area contributed by atoms with E-state index in [4.69, 9.17) is 16.1 Å². The molecule has 2 heterocycles. The molecule has 6 heteroatoms. The highest BCUT2D eigenvalue weighted by atomic mass is 35.5. The van der Waals surface area contributed by atoms with Crippen molar-refractivity contribution < 1.29 is 9.32 Å². The van der Waals surface area contributed by atoms with Crippen LogP contribution < -0.4 is 5.32 Å². The first-order valence-corrected chi connectivity index (χ1v) is 10.8. The molecule has 30 heavy (non-hydrogen) atoms. The van der Waals surface area contributed by atoms with Gasteiger partial charge in [0.05, 0.1) is 6.04 Å². The summed E-state index contributed by atoms with van der Waals surface area (Å²) < 4.78 is 5.37. The average Bonchev–Trinajstić information content (AvgIpc) is 3.27. The second kappa shape index (κ2) is 9.45. The minimum absolute atomic E-state index is 0.144. The summed E-state index contributed by atoms with van der Waals surface area (Å²) in [7, 11) is 0. The van der Waals surface area contributed by atoms with E-state index >= 15 is 0 Å². The Bertz CT molecular complexity index is 964. The van der Waals surface area contributed by atoms with Gasteiger partial charge >= 0.3 is 0 Å². The number of halogens is 1. The maximum Gasteiger partial charge on any atom is 0.273 e. The number of carbonyl (C=O) groups excluding carboxylic acids is 1. The zero-order valence-electron chi connectivity index (χ0n) is 17.1. The van der Waals surface area contributed by atoms with Crippen molar-refractivity contribution in [1.82, 2.24) is 15.4 Å². The van der Waals surface area contributed by atoms with Crippen molar-refractivity contribution in [1.29, 1.82) is 0 Å². The quantitative estimate of drug-likeness (QED) is 0.592. The van der Waals surface area contributed by atoms with Crippen molar-refractivity contribution in [3.63, 3.8) is 0 Å². The first-order chi connectivity index (χ1) is 14.6. The van der Waals surface area contributed by atoms with Gasteiger partial charge in [0.25, 0.3) is 5.91 Å². The van der Waals surface area contributed by atoms with E-state index in [1.165, 1.54) is 18.4 Å². The van der Waals surface area contributed by atoms with Gasteiger partial charge in [0.15, 0.2) is 11.5 Å². The fourth-order valence-electron chi connectivity index (χ4n) is 3.89. The van der Waals surface area contributed by atoms with Crippen LogP contribution in [0, 0.1) is 5.92 Å². The number of likely N-dealkylation sites (tertiary alicyclic amines) is 1. The molecule has 1 amide bonds. The van der Waals surface area contributed by atoms with E-state index < -0.39 is 0 Å². The van der Waals surface area contributed by atoms with Crippen LogP contribution in [0.25, 0.3) is 11.3 Å². The minimum atomic E-state index is -0.231. The lowest BCUT2D eigenvalue weighted by Gasteiger charge is -2.37. The summed E-state index contributed by atoms with van der Waals surface area (Å²) in [5, 5.41) is 7.66. The molecule has 3 aromatic rings. The molecule has 5 nitrogen and oxygen atoms in total. The molecule has 0 unspecified atom stereocenters. The second-order valence-corrected chi connectivity index (χ2v) is 8.37. The molecule has 0 spiro atoms. The topological polar surface area (TPSA) is 58.4 Å². The summed E-state index contributed by atoms with van der Waals surface area (Å²) >= 11 is 5.93. The van der Waals surface area contributed by atoms with Crippen LogP contribution in [0.4, 0.5) is 0 Å². The van der Waals surface area contributed by atoms with E-state index in [9.17, 15) is 4.79 Å². The number of aromatic nitrogens is 1. The van der Waals surface area contributed by atoms with Crippen molar-refractivity contribution >= 4 is 17.5 Å². The van der Waals surface area contributed by atoms with Crippen molar-refractivity contribution in [2.75, 3.05) is 19.6 Å². The van der Waals surface area contributed by atoms with E-state index in [0.29, 0.717) is 17.3 Å². The molecule has 1 atom stereocenters. The van der Waals surface area contributed by atoms with Gasteiger partial charge in [-0.25, -0.2) is 0 Å². The van der Waals surface area contributed by atoms with Crippen LogP contribution >= 0.6 is 11.6 Å². The number of hydrogen-bond acceptors (Lipinski definition) is 4. The van der Waals surface area contributed by atoms with Crippen LogP contribution in [0.1, 0.15) is 41.9 Å². The SMILES string of the molecule is CC1CCN([C@H](CNC(=O)c2cc(-c3ccc(Cl)cc3)on2)c2ccccc2)CC1. The second-order valence-electron chi connectivity index (χ2n) is 7.94. The highest BCUT2D eigenvalue weighted by Crippen LogP contribution is 2.27. The predicted octanol–water partition coefficient (Wildman–Crippen LogP) is 5.20. The van der Waals surface area contributed by atoms with Crippen molar-refractivity contribution in [2.45, 2.75) is 25.8 Å². The van der Waals surface area contributed by atoms with Gasteiger partial charge < -0.3 is 9.84 Å². The number of carbonyl (C=O) groups is 1. The third-order valence-electron chi connectivity index (χ3n) is 5.77. The molecule has 1 aromatic heterocycles. The lowest BCUT2D eigenvalue weighted by molar-refractivity contribution is 0.0904. The molecular weight excluding hydrogens is 398 g/mol. The Hall–Kier alpha value is -2.63. The monoisotopic (exact) mass is 423 g/mol. The standard InChI is InChI=1S/C24H26ClN3O2/c1-17-11-13-28(14-12-17)22(18-5-3-2-4-6-18)16-26-24(29)21-15-23(30-27-21)19-7-9-20(25)10-8-19/h2-10,15,17,22H,11-14,16H2,1H3,(H,26,29)/t22-/m1/s1. The highest BCUT2D eigenvalue weighted by Gasteiger charge is 2.25. The van der Waals surface area contributed by atoms with Gasteiger partial charge in [-0.3, -0.25) is 9.69 Å². The molecule has 1 aliphatic rings. The summed E-state index contributed by atoms with van der Waals surface area (Å²) in [4.78, 5) is 15.2. The third-order valence-corrected chi connectivity index (χ3v) is 6.02. The molecule has 1 N–H and O–H groups in total. The van der Waals surface area contributed by atoms with E-state index in [1.807, 2.05) is 30.3 Å². The molecule has 0 bridgehead atoms. The van der Waals surface area contributed by atoms with Crippen LogP contribution in [0.5, 0.6) is 0 Å². The molecule has 0 radical (unpaired) electrons. The molecule has 4 rings (SSSR count). The Labute approximate surface area is 182 Å². The number of piperidine rings is 1. The van der Waals surface area contributed by atoms with Crippen LogP contribution in [0.15, 0.2) is 65.2 Å². The smallest absolute Gasteiger partial charge is 0.273 e. The van der Waals surface area contributed by atoms with Gasteiger partial charge in [0, 0.05) is 23.2 Å². The molecule has 1 aliphatic heterocycles. The highest BCUT2D eigenvalue weighted by molar-refractivity contribution is 6.30. The Kier molecular flexibility index (Phi) is 6.50. The fraction of sp³-hybridized carbons (Fsp3) is 0.333. The Morgan fingerprint density at radius 1 is 1.17 bits per heavy atom. The number of amides is 1. The first-order valence-electron chi connectivity index (χ1n) is 10.4. The number of benzene rings is 2. The van der Waals surface area contributed by atoms with Gasteiger partial charge in [-0.05, 0) is 61.7 Å². The van der Waals surface area contributed by atoms with Crippen LogP contribution in [0.3, 0.4) is 0 Å². The summed E-state index contributed by atoms with van der Waals surface area (Å²) in [6.07, 6.45) is 2.37. The van der Waals surface area contributed by atoms with E-state index in [1.54, 1.807) is 18.2 Å². The van der Waals surface area contributed by atoms with E-state index in [2.05, 4.69) is 34.4 Å². The van der Waals surface area contributed by atoms with Crippen molar-refractivity contribution in [3.8, 4) is 11.3 Å². The molecule has 156 valence electrons. The van der Waals surface area contributed by atoms with E-state index in [0.717, 1.165) is 24.6 Å². The lowest BCUT2D eigenvalue weighted by atomic mass is 9.95. The van der Waals surface area contributed by atoms with Gasteiger partial charge in [0.1, 0.15) is 0 Å². The molecule has 2 aromatic carbocycles. The number of rotatable bonds is 6. The van der Waals surface area contributed by atoms with E-state index in [-0.39, 0.29) is 17.6 Å². The van der Waals surface area contributed by atoms with Crippen LogP contribution in [-0.2, 0) is 0 Å². The number of nitrogens with one attached hydrogen (secondary N) is 1. The summed E-state index contributed by atoms with van der Waals surface area (Å²) in [5.74, 6) is 1.07. The van der Waals surface area contributed by atoms with Gasteiger partial charge in [-0.15, -0.1) is 0 Å². The Morgan fingerprint density at radius 2 is 1.87 bits per heavy atom. The van der Waals surface area contributed by atoms with Crippen LogP contribution in [-0.4, -0.2) is 35.6 Å². The maximum atomic E-state index is 12.7. The predicted molar refractivity (Wildman–Crippen MR) is 118 cm³/mol. The summed E-state index contributed by atoms with van der Waals surface area (Å²) in [5.41, 5.74) is 2.32. The molecule has 1 fully saturated rings. The third kappa shape index (κ3) is 4.91. The van der Waals surface area contributed by atoms with Crippen molar-refractivity contribution in [3.05, 3.63) is 76.9 Å². The normalized spacial score (nSPS) is 16.3.